The van der Waals surface area contributed by atoms with Crippen LogP contribution in [0.1, 0.15) is 46.0 Å². The molecule has 0 aliphatic heterocycles. The van der Waals surface area contributed by atoms with E-state index in [0.29, 0.717) is 0 Å². The van der Waals surface area contributed by atoms with Crippen molar-refractivity contribution >= 4 is 0 Å². The highest BCUT2D eigenvalue weighted by Gasteiger charge is 2.19. The van der Waals surface area contributed by atoms with Crippen LogP contribution in [0.3, 0.4) is 0 Å². The first-order chi connectivity index (χ1) is 6.47. The van der Waals surface area contributed by atoms with Crippen LogP contribution in [0.15, 0.2) is 0 Å². The van der Waals surface area contributed by atoms with Gasteiger partial charge in [-0.2, -0.15) is 0 Å². The predicted molar refractivity (Wildman–Crippen MR) is 60.4 cm³/mol. The van der Waals surface area contributed by atoms with Crippen LogP contribution in [0.4, 0.5) is 0 Å². The molecule has 0 aromatic rings. The lowest BCUT2D eigenvalue weighted by atomic mass is 9.89. The second-order valence-corrected chi connectivity index (χ2v) is 5.51. The molecular weight excluding hydrogens is 174 g/mol. The van der Waals surface area contributed by atoms with E-state index in [1.807, 2.05) is 13.8 Å². The van der Waals surface area contributed by atoms with Gasteiger partial charge in [0.2, 0.25) is 0 Å². The SMILES string of the molecule is CN(CC1CCCCC1)CC(C)(C)O. The third-order valence-corrected chi connectivity index (χ3v) is 2.95. The van der Waals surface area contributed by atoms with Crippen molar-refractivity contribution in [1.29, 1.82) is 0 Å². The number of hydrogen-bond acceptors (Lipinski definition) is 2. The van der Waals surface area contributed by atoms with Crippen molar-refractivity contribution in [2.45, 2.75) is 51.6 Å². The van der Waals surface area contributed by atoms with E-state index in [9.17, 15) is 5.11 Å². The zero-order valence-corrected chi connectivity index (χ0v) is 9.92. The van der Waals surface area contributed by atoms with Gasteiger partial charge in [-0.25, -0.2) is 0 Å². The molecule has 1 N–H and O–H groups in total. The van der Waals surface area contributed by atoms with E-state index in [4.69, 9.17) is 0 Å². The molecule has 1 fully saturated rings. The molecule has 1 aliphatic carbocycles. The Morgan fingerprint density at radius 1 is 1.21 bits per heavy atom. The minimum Gasteiger partial charge on any atom is -0.389 e. The quantitative estimate of drug-likeness (QED) is 0.751. The Labute approximate surface area is 88.3 Å². The normalized spacial score (nSPS) is 20.4. The van der Waals surface area contributed by atoms with Gasteiger partial charge in [0.05, 0.1) is 5.60 Å². The Kier molecular flexibility index (Phi) is 4.39. The Balaban J connectivity index is 2.21. The lowest BCUT2D eigenvalue weighted by molar-refractivity contribution is 0.0383. The fourth-order valence-corrected chi connectivity index (χ4v) is 2.54. The molecule has 1 aliphatic rings. The number of likely N-dealkylation sites (N-methyl/N-ethyl adjacent to an activating group) is 1. The lowest BCUT2D eigenvalue weighted by Gasteiger charge is -2.30. The highest BCUT2D eigenvalue weighted by molar-refractivity contribution is 4.74. The summed E-state index contributed by atoms with van der Waals surface area (Å²) in [5.41, 5.74) is -0.552. The zero-order chi connectivity index (χ0) is 10.6. The number of nitrogens with zero attached hydrogens (tertiary/aromatic N) is 1. The summed E-state index contributed by atoms with van der Waals surface area (Å²) in [4.78, 5) is 2.27. The van der Waals surface area contributed by atoms with Crippen LogP contribution in [-0.2, 0) is 0 Å². The van der Waals surface area contributed by atoms with Crippen LogP contribution in [0.2, 0.25) is 0 Å². The van der Waals surface area contributed by atoms with Gasteiger partial charge in [-0.05, 0) is 39.7 Å². The van der Waals surface area contributed by atoms with E-state index in [1.165, 1.54) is 32.1 Å². The van der Waals surface area contributed by atoms with Crippen molar-refractivity contribution in [2.24, 2.45) is 5.92 Å². The molecule has 14 heavy (non-hydrogen) atoms. The van der Waals surface area contributed by atoms with Crippen LogP contribution < -0.4 is 0 Å². The predicted octanol–water partition coefficient (Wildman–Crippen LogP) is 2.27. The van der Waals surface area contributed by atoms with E-state index >= 15 is 0 Å². The number of hydrogen-bond donors (Lipinski definition) is 1. The van der Waals surface area contributed by atoms with E-state index in [2.05, 4.69) is 11.9 Å². The summed E-state index contributed by atoms with van der Waals surface area (Å²) in [6, 6.07) is 0. The van der Waals surface area contributed by atoms with Gasteiger partial charge >= 0.3 is 0 Å². The summed E-state index contributed by atoms with van der Waals surface area (Å²) in [5, 5.41) is 9.68. The summed E-state index contributed by atoms with van der Waals surface area (Å²) in [5.74, 6) is 0.871. The van der Waals surface area contributed by atoms with Crippen LogP contribution >= 0.6 is 0 Å². The molecule has 0 saturated heterocycles. The van der Waals surface area contributed by atoms with Crippen molar-refractivity contribution in [3.8, 4) is 0 Å². The van der Waals surface area contributed by atoms with Gasteiger partial charge in [0.25, 0.3) is 0 Å². The maximum atomic E-state index is 9.68. The van der Waals surface area contributed by atoms with Gasteiger partial charge in [-0.1, -0.05) is 19.3 Å². The van der Waals surface area contributed by atoms with Crippen LogP contribution in [0, 0.1) is 5.92 Å². The Bertz CT molecular complexity index is 156. The average Bonchev–Trinajstić information content (AvgIpc) is 2.02. The van der Waals surface area contributed by atoms with Crippen molar-refractivity contribution in [3.05, 3.63) is 0 Å². The molecule has 0 radical (unpaired) electrons. The molecule has 0 amide bonds. The zero-order valence-electron chi connectivity index (χ0n) is 9.92. The first-order valence-electron chi connectivity index (χ1n) is 5.88. The van der Waals surface area contributed by atoms with Gasteiger partial charge < -0.3 is 10.0 Å². The van der Waals surface area contributed by atoms with E-state index in [1.54, 1.807) is 0 Å². The minimum absolute atomic E-state index is 0.552. The molecule has 2 heteroatoms. The topological polar surface area (TPSA) is 23.5 Å². The minimum atomic E-state index is -0.552. The molecule has 0 aromatic heterocycles. The van der Waals surface area contributed by atoms with Crippen LogP contribution in [-0.4, -0.2) is 35.7 Å². The van der Waals surface area contributed by atoms with Crippen molar-refractivity contribution in [2.75, 3.05) is 20.1 Å². The number of aliphatic hydroxyl groups is 1. The van der Waals surface area contributed by atoms with Gasteiger partial charge in [0.15, 0.2) is 0 Å². The molecule has 84 valence electrons. The van der Waals surface area contributed by atoms with Crippen LogP contribution in [0.25, 0.3) is 0 Å². The first-order valence-corrected chi connectivity index (χ1v) is 5.88. The van der Waals surface area contributed by atoms with E-state index < -0.39 is 5.60 Å². The monoisotopic (exact) mass is 199 g/mol. The van der Waals surface area contributed by atoms with E-state index in [-0.39, 0.29) is 0 Å². The first kappa shape index (κ1) is 12.0. The molecule has 0 spiro atoms. The molecule has 0 unspecified atom stereocenters. The molecule has 1 rings (SSSR count). The molecule has 0 aromatic carbocycles. The lowest BCUT2D eigenvalue weighted by Crippen LogP contribution is -2.38. The highest BCUT2D eigenvalue weighted by atomic mass is 16.3. The van der Waals surface area contributed by atoms with Gasteiger partial charge in [0, 0.05) is 13.1 Å². The van der Waals surface area contributed by atoms with Crippen molar-refractivity contribution < 1.29 is 5.11 Å². The van der Waals surface area contributed by atoms with Gasteiger partial charge in [-0.3, -0.25) is 0 Å². The van der Waals surface area contributed by atoms with Crippen LogP contribution in [0.5, 0.6) is 0 Å². The molecule has 0 atom stereocenters. The summed E-state index contributed by atoms with van der Waals surface area (Å²) < 4.78 is 0. The summed E-state index contributed by atoms with van der Waals surface area (Å²) in [6.45, 7) is 5.70. The highest BCUT2D eigenvalue weighted by Crippen LogP contribution is 2.24. The molecule has 0 bridgehead atoms. The van der Waals surface area contributed by atoms with E-state index in [0.717, 1.165) is 19.0 Å². The molecule has 1 saturated carbocycles. The molecular formula is C12H25NO. The van der Waals surface area contributed by atoms with Gasteiger partial charge in [0.1, 0.15) is 0 Å². The standard InChI is InChI=1S/C12H25NO/c1-12(2,14)10-13(3)9-11-7-5-4-6-8-11/h11,14H,4-10H2,1-3H3. The smallest absolute Gasteiger partial charge is 0.0718 e. The molecule has 2 nitrogen and oxygen atoms in total. The Morgan fingerprint density at radius 2 is 1.79 bits per heavy atom. The summed E-state index contributed by atoms with van der Waals surface area (Å²) in [7, 11) is 2.12. The fourth-order valence-electron chi connectivity index (χ4n) is 2.54. The van der Waals surface area contributed by atoms with Crippen molar-refractivity contribution in [3.63, 3.8) is 0 Å². The maximum absolute atomic E-state index is 9.68. The van der Waals surface area contributed by atoms with Crippen molar-refractivity contribution in [1.82, 2.24) is 4.90 Å². The Morgan fingerprint density at radius 3 is 2.29 bits per heavy atom. The summed E-state index contributed by atoms with van der Waals surface area (Å²) in [6.07, 6.45) is 7.00. The fraction of sp³-hybridized carbons (Fsp3) is 1.00. The van der Waals surface area contributed by atoms with Gasteiger partial charge in [-0.15, -0.1) is 0 Å². The largest absolute Gasteiger partial charge is 0.389 e. The second-order valence-electron chi connectivity index (χ2n) is 5.51. The summed E-state index contributed by atoms with van der Waals surface area (Å²) >= 11 is 0. The molecule has 0 heterocycles. The Hall–Kier alpha value is -0.0800. The average molecular weight is 199 g/mol. The maximum Gasteiger partial charge on any atom is 0.0718 e. The second kappa shape index (κ2) is 5.13. The number of rotatable bonds is 4. The third-order valence-electron chi connectivity index (χ3n) is 2.95. The third kappa shape index (κ3) is 4.97.